The van der Waals surface area contributed by atoms with Crippen molar-refractivity contribution in [2.75, 3.05) is 13.1 Å². The summed E-state index contributed by atoms with van der Waals surface area (Å²) in [4.78, 5) is 0. The Balaban J connectivity index is 1.92. The van der Waals surface area contributed by atoms with Gasteiger partial charge in [0.15, 0.2) is 0 Å². The highest BCUT2D eigenvalue weighted by Gasteiger charge is 2.38. The van der Waals surface area contributed by atoms with Crippen molar-refractivity contribution in [3.8, 4) is 0 Å². The van der Waals surface area contributed by atoms with Gasteiger partial charge in [0.25, 0.3) is 10.2 Å². The molecule has 1 unspecified atom stereocenters. The number of aliphatic hydroxyl groups is 1. The molecule has 2 rings (SSSR count). The highest BCUT2D eigenvalue weighted by atomic mass is 32.2. The van der Waals surface area contributed by atoms with Gasteiger partial charge in [0.1, 0.15) is 0 Å². The highest BCUT2D eigenvalue weighted by molar-refractivity contribution is 7.87. The van der Waals surface area contributed by atoms with E-state index in [2.05, 4.69) is 18.6 Å². The van der Waals surface area contributed by atoms with Crippen LogP contribution in [-0.2, 0) is 10.2 Å². The topological polar surface area (TPSA) is 69.6 Å². The summed E-state index contributed by atoms with van der Waals surface area (Å²) in [5.41, 5.74) is -0.631. The number of piperidine rings is 1. The number of nitrogens with zero attached hydrogens (tertiary/aromatic N) is 1. The predicted molar refractivity (Wildman–Crippen MR) is 84.1 cm³/mol. The van der Waals surface area contributed by atoms with Crippen LogP contribution in [0.1, 0.15) is 65.7 Å². The van der Waals surface area contributed by atoms with Crippen molar-refractivity contribution < 1.29 is 13.5 Å². The lowest BCUT2D eigenvalue weighted by molar-refractivity contribution is -0.0209. The zero-order valence-corrected chi connectivity index (χ0v) is 14.4. The van der Waals surface area contributed by atoms with Crippen LogP contribution >= 0.6 is 0 Å². The van der Waals surface area contributed by atoms with Gasteiger partial charge in [-0.1, -0.05) is 20.3 Å². The summed E-state index contributed by atoms with van der Waals surface area (Å²) in [7, 11) is -3.48. The van der Waals surface area contributed by atoms with Gasteiger partial charge < -0.3 is 5.11 Å². The minimum absolute atomic E-state index is 0.0520. The van der Waals surface area contributed by atoms with Gasteiger partial charge in [0.05, 0.1) is 5.60 Å². The largest absolute Gasteiger partial charge is 0.389 e. The van der Waals surface area contributed by atoms with E-state index in [9.17, 15) is 13.5 Å². The van der Waals surface area contributed by atoms with Gasteiger partial charge in [-0.15, -0.1) is 0 Å². The molecule has 5 nitrogen and oxygen atoms in total. The third-order valence-electron chi connectivity index (χ3n) is 5.17. The maximum atomic E-state index is 12.4. The van der Waals surface area contributed by atoms with Gasteiger partial charge in [-0.05, 0) is 50.9 Å². The molecule has 0 bridgehead atoms. The number of nitrogens with one attached hydrogen (secondary N) is 1. The molecule has 6 heteroatoms. The van der Waals surface area contributed by atoms with Crippen molar-refractivity contribution in [3.05, 3.63) is 0 Å². The molecule has 0 spiro atoms. The van der Waals surface area contributed by atoms with E-state index < -0.39 is 15.8 Å². The zero-order chi connectivity index (χ0) is 15.7. The summed E-state index contributed by atoms with van der Waals surface area (Å²) < 4.78 is 29.0. The second kappa shape index (κ2) is 6.14. The molecular formula is C15H30N2O3S. The van der Waals surface area contributed by atoms with Crippen LogP contribution < -0.4 is 4.72 Å². The lowest BCUT2D eigenvalue weighted by Gasteiger charge is -2.41. The normalized spacial score (nSPS) is 30.2. The maximum Gasteiger partial charge on any atom is 0.279 e. The van der Waals surface area contributed by atoms with E-state index in [1.54, 1.807) is 4.31 Å². The molecule has 0 radical (unpaired) electrons. The van der Waals surface area contributed by atoms with Crippen LogP contribution in [0.25, 0.3) is 0 Å². The average Bonchev–Trinajstić information content (AvgIpc) is 2.41. The lowest BCUT2D eigenvalue weighted by Crippen LogP contribution is -2.53. The Hall–Kier alpha value is -0.170. The lowest BCUT2D eigenvalue weighted by atomic mass is 9.71. The van der Waals surface area contributed by atoms with Crippen LogP contribution in [0.3, 0.4) is 0 Å². The van der Waals surface area contributed by atoms with Gasteiger partial charge in [-0.25, -0.2) is 0 Å². The van der Waals surface area contributed by atoms with E-state index in [0.717, 1.165) is 32.1 Å². The molecular weight excluding hydrogens is 288 g/mol. The molecule has 1 atom stereocenters. The zero-order valence-electron chi connectivity index (χ0n) is 13.6. The molecule has 1 heterocycles. The maximum absolute atomic E-state index is 12.4. The molecule has 1 saturated heterocycles. The van der Waals surface area contributed by atoms with Crippen LogP contribution in [0.2, 0.25) is 0 Å². The van der Waals surface area contributed by atoms with Crippen LogP contribution in [0.15, 0.2) is 0 Å². The fourth-order valence-electron chi connectivity index (χ4n) is 3.31. The SMILES string of the molecule is CC1CCCCN1S(=O)(=O)NCC1(O)CCC(C)(C)CC1. The van der Waals surface area contributed by atoms with E-state index in [-0.39, 0.29) is 18.0 Å². The second-order valence-electron chi connectivity index (χ2n) is 7.67. The van der Waals surface area contributed by atoms with E-state index in [4.69, 9.17) is 0 Å². The highest BCUT2D eigenvalue weighted by Crippen LogP contribution is 2.39. The summed E-state index contributed by atoms with van der Waals surface area (Å²) in [5, 5.41) is 10.6. The molecule has 124 valence electrons. The number of rotatable bonds is 4. The predicted octanol–water partition coefficient (Wildman–Crippen LogP) is 2.03. The van der Waals surface area contributed by atoms with E-state index >= 15 is 0 Å². The van der Waals surface area contributed by atoms with Crippen molar-refractivity contribution >= 4 is 10.2 Å². The number of hydrogen-bond donors (Lipinski definition) is 2. The molecule has 2 aliphatic rings. The Labute approximate surface area is 129 Å². The van der Waals surface area contributed by atoms with Crippen molar-refractivity contribution in [1.82, 2.24) is 9.03 Å². The van der Waals surface area contributed by atoms with Gasteiger partial charge in [0.2, 0.25) is 0 Å². The minimum atomic E-state index is -3.48. The van der Waals surface area contributed by atoms with E-state index in [1.165, 1.54) is 0 Å². The summed E-state index contributed by atoms with van der Waals surface area (Å²) in [5.74, 6) is 0. The Morgan fingerprint density at radius 2 is 1.81 bits per heavy atom. The van der Waals surface area contributed by atoms with Crippen molar-refractivity contribution in [3.63, 3.8) is 0 Å². The summed E-state index contributed by atoms with van der Waals surface area (Å²) in [6.45, 7) is 7.07. The standard InChI is InChI=1S/C15H30N2O3S/c1-13-6-4-5-11-17(13)21(19,20)16-12-15(18)9-7-14(2,3)8-10-15/h13,16,18H,4-12H2,1-3H3. The van der Waals surface area contributed by atoms with Crippen LogP contribution in [0.4, 0.5) is 0 Å². The van der Waals surface area contributed by atoms with Crippen LogP contribution in [-0.4, -0.2) is 42.6 Å². The second-order valence-corrected chi connectivity index (χ2v) is 9.38. The summed E-state index contributed by atoms with van der Waals surface area (Å²) in [6.07, 6.45) is 6.13. The third kappa shape index (κ3) is 4.41. The molecule has 1 aliphatic carbocycles. The smallest absolute Gasteiger partial charge is 0.279 e. The molecule has 0 aromatic heterocycles. The fraction of sp³-hybridized carbons (Fsp3) is 1.00. The first-order valence-electron chi connectivity index (χ1n) is 8.12. The van der Waals surface area contributed by atoms with Gasteiger partial charge in [-0.2, -0.15) is 17.4 Å². The molecule has 0 aromatic rings. The molecule has 1 aliphatic heterocycles. The average molecular weight is 318 g/mol. The first-order valence-corrected chi connectivity index (χ1v) is 9.57. The fourth-order valence-corrected chi connectivity index (χ4v) is 4.87. The summed E-state index contributed by atoms with van der Waals surface area (Å²) >= 11 is 0. The summed E-state index contributed by atoms with van der Waals surface area (Å²) in [6, 6.07) is 0.0520. The Morgan fingerprint density at radius 1 is 1.19 bits per heavy atom. The Bertz CT molecular complexity index is 452. The Morgan fingerprint density at radius 3 is 2.38 bits per heavy atom. The van der Waals surface area contributed by atoms with Crippen LogP contribution in [0, 0.1) is 5.41 Å². The Kier molecular flexibility index (Phi) is 5.03. The van der Waals surface area contributed by atoms with Gasteiger partial charge in [-0.3, -0.25) is 0 Å². The van der Waals surface area contributed by atoms with Gasteiger partial charge >= 0.3 is 0 Å². The van der Waals surface area contributed by atoms with Crippen LogP contribution in [0.5, 0.6) is 0 Å². The third-order valence-corrected chi connectivity index (χ3v) is 6.84. The van der Waals surface area contributed by atoms with Crippen molar-refractivity contribution in [1.29, 1.82) is 0 Å². The first kappa shape index (κ1) is 17.2. The van der Waals surface area contributed by atoms with Crippen molar-refractivity contribution in [2.24, 2.45) is 5.41 Å². The van der Waals surface area contributed by atoms with Crippen molar-refractivity contribution in [2.45, 2.75) is 77.4 Å². The molecule has 2 fully saturated rings. The molecule has 21 heavy (non-hydrogen) atoms. The quantitative estimate of drug-likeness (QED) is 0.833. The van der Waals surface area contributed by atoms with Gasteiger partial charge in [0, 0.05) is 19.1 Å². The molecule has 2 N–H and O–H groups in total. The number of hydrogen-bond acceptors (Lipinski definition) is 3. The monoisotopic (exact) mass is 318 g/mol. The van der Waals surface area contributed by atoms with E-state index in [0.29, 0.717) is 19.4 Å². The minimum Gasteiger partial charge on any atom is -0.389 e. The molecule has 0 amide bonds. The first-order chi connectivity index (χ1) is 9.64. The molecule has 0 aromatic carbocycles. The van der Waals surface area contributed by atoms with E-state index in [1.807, 2.05) is 6.92 Å². The molecule has 1 saturated carbocycles.